The number of rotatable bonds is 9. The van der Waals surface area contributed by atoms with Gasteiger partial charge >= 0.3 is 12.6 Å². The van der Waals surface area contributed by atoms with E-state index in [2.05, 4.69) is 4.74 Å². The Morgan fingerprint density at radius 1 is 1.06 bits per heavy atom. The van der Waals surface area contributed by atoms with Crippen LogP contribution in [0.1, 0.15) is 17.5 Å². The van der Waals surface area contributed by atoms with Crippen molar-refractivity contribution in [3.63, 3.8) is 0 Å². The standard InChI is InChI=1S/C21H23F2NO6S/c22-21(23)30-19-4-2-1-3-17(19)15-29-20(25)10-7-16-5-8-18(9-6-16)31(26,27)24-11-13-28-14-12-24/h1-6,8-9,21H,7,10-15H2. The molecule has 0 saturated carbocycles. The number of ether oxygens (including phenoxy) is 3. The lowest BCUT2D eigenvalue weighted by molar-refractivity contribution is -0.145. The maximum atomic E-state index is 12.6. The van der Waals surface area contributed by atoms with Crippen LogP contribution in [0, 0.1) is 0 Å². The van der Waals surface area contributed by atoms with Gasteiger partial charge in [-0.1, -0.05) is 30.3 Å². The van der Waals surface area contributed by atoms with E-state index in [1.54, 1.807) is 30.3 Å². The molecule has 1 saturated heterocycles. The van der Waals surface area contributed by atoms with Crippen molar-refractivity contribution in [3.8, 4) is 5.75 Å². The van der Waals surface area contributed by atoms with Gasteiger partial charge < -0.3 is 14.2 Å². The minimum Gasteiger partial charge on any atom is -0.461 e. The molecule has 0 aliphatic carbocycles. The summed E-state index contributed by atoms with van der Waals surface area (Å²) in [6.07, 6.45) is 0.416. The predicted molar refractivity (Wildman–Crippen MR) is 107 cm³/mol. The second-order valence-corrected chi connectivity index (χ2v) is 8.75. The first-order valence-corrected chi connectivity index (χ1v) is 11.2. The fourth-order valence-electron chi connectivity index (χ4n) is 3.07. The highest BCUT2D eigenvalue weighted by Gasteiger charge is 2.26. The van der Waals surface area contributed by atoms with Crippen molar-refractivity contribution >= 4 is 16.0 Å². The lowest BCUT2D eigenvalue weighted by Gasteiger charge is -2.26. The summed E-state index contributed by atoms with van der Waals surface area (Å²) in [4.78, 5) is 12.2. The van der Waals surface area contributed by atoms with Crippen LogP contribution in [0.15, 0.2) is 53.4 Å². The Kier molecular flexibility index (Phi) is 7.94. The van der Waals surface area contributed by atoms with E-state index in [0.717, 1.165) is 5.56 Å². The highest BCUT2D eigenvalue weighted by molar-refractivity contribution is 7.89. The molecule has 0 spiro atoms. The SMILES string of the molecule is O=C(CCc1ccc(S(=O)(=O)N2CCOCC2)cc1)OCc1ccccc1OC(F)F. The van der Waals surface area contributed by atoms with Crippen LogP contribution in [-0.2, 0) is 37.3 Å². The summed E-state index contributed by atoms with van der Waals surface area (Å²) in [5, 5.41) is 0. The number of aryl methyl sites for hydroxylation is 1. The number of halogens is 2. The van der Waals surface area contributed by atoms with Gasteiger partial charge in [-0.15, -0.1) is 0 Å². The summed E-state index contributed by atoms with van der Waals surface area (Å²) in [5.74, 6) is -0.542. The number of hydrogen-bond acceptors (Lipinski definition) is 6. The summed E-state index contributed by atoms with van der Waals surface area (Å²) in [6.45, 7) is -1.76. The van der Waals surface area contributed by atoms with E-state index >= 15 is 0 Å². The van der Waals surface area contributed by atoms with Crippen LogP contribution in [0.5, 0.6) is 5.75 Å². The molecule has 31 heavy (non-hydrogen) atoms. The van der Waals surface area contributed by atoms with Gasteiger partial charge in [-0.2, -0.15) is 13.1 Å². The van der Waals surface area contributed by atoms with Gasteiger partial charge in [0.25, 0.3) is 0 Å². The number of nitrogens with zero attached hydrogens (tertiary/aromatic N) is 1. The van der Waals surface area contributed by atoms with E-state index in [4.69, 9.17) is 9.47 Å². The van der Waals surface area contributed by atoms with Gasteiger partial charge in [0.15, 0.2) is 0 Å². The molecule has 1 heterocycles. The average Bonchev–Trinajstić information content (AvgIpc) is 2.77. The normalized spacial score (nSPS) is 15.1. The molecule has 0 atom stereocenters. The molecule has 10 heteroatoms. The minimum absolute atomic E-state index is 0.0395. The number of para-hydroxylation sites is 1. The molecule has 0 unspecified atom stereocenters. The largest absolute Gasteiger partial charge is 0.461 e. The molecule has 0 amide bonds. The van der Waals surface area contributed by atoms with Crippen molar-refractivity contribution in [2.45, 2.75) is 31.0 Å². The van der Waals surface area contributed by atoms with Crippen molar-refractivity contribution < 1.29 is 36.2 Å². The second-order valence-electron chi connectivity index (χ2n) is 6.81. The van der Waals surface area contributed by atoms with Crippen LogP contribution >= 0.6 is 0 Å². The molecular formula is C21H23F2NO6S. The molecule has 7 nitrogen and oxygen atoms in total. The Morgan fingerprint density at radius 2 is 1.74 bits per heavy atom. The Morgan fingerprint density at radius 3 is 2.42 bits per heavy atom. The molecule has 0 N–H and O–H groups in total. The van der Waals surface area contributed by atoms with Crippen molar-refractivity contribution in [3.05, 3.63) is 59.7 Å². The van der Waals surface area contributed by atoms with Gasteiger partial charge in [-0.3, -0.25) is 4.79 Å². The molecule has 0 bridgehead atoms. The summed E-state index contributed by atoms with van der Waals surface area (Å²) in [6, 6.07) is 12.5. The molecule has 1 aliphatic rings. The monoisotopic (exact) mass is 455 g/mol. The third-order valence-corrected chi connectivity index (χ3v) is 6.64. The zero-order valence-electron chi connectivity index (χ0n) is 16.7. The topological polar surface area (TPSA) is 82.1 Å². The number of carbonyl (C=O) groups is 1. The number of hydrogen-bond donors (Lipinski definition) is 0. The van der Waals surface area contributed by atoms with Crippen molar-refractivity contribution in [1.29, 1.82) is 0 Å². The molecule has 0 radical (unpaired) electrons. The van der Waals surface area contributed by atoms with E-state index in [0.29, 0.717) is 38.3 Å². The van der Waals surface area contributed by atoms with Crippen LogP contribution < -0.4 is 4.74 Å². The van der Waals surface area contributed by atoms with E-state index in [9.17, 15) is 22.0 Å². The van der Waals surface area contributed by atoms with Crippen molar-refractivity contribution in [2.24, 2.45) is 0 Å². The molecule has 2 aromatic rings. The van der Waals surface area contributed by atoms with Crippen LogP contribution in [0.4, 0.5) is 8.78 Å². The first kappa shape index (κ1) is 23.1. The Balaban J connectivity index is 1.51. The third-order valence-electron chi connectivity index (χ3n) is 4.73. The van der Waals surface area contributed by atoms with E-state index in [-0.39, 0.29) is 23.7 Å². The number of carbonyl (C=O) groups excluding carboxylic acids is 1. The van der Waals surface area contributed by atoms with Gasteiger partial charge in [-0.25, -0.2) is 8.42 Å². The fourth-order valence-corrected chi connectivity index (χ4v) is 4.48. The molecule has 168 valence electrons. The third kappa shape index (κ3) is 6.46. The van der Waals surface area contributed by atoms with Crippen molar-refractivity contribution in [1.82, 2.24) is 4.31 Å². The van der Waals surface area contributed by atoms with Crippen LogP contribution in [0.2, 0.25) is 0 Å². The lowest BCUT2D eigenvalue weighted by Crippen LogP contribution is -2.40. The molecule has 0 aromatic heterocycles. The average molecular weight is 455 g/mol. The zero-order valence-corrected chi connectivity index (χ0v) is 17.5. The van der Waals surface area contributed by atoms with Gasteiger partial charge in [-0.05, 0) is 30.2 Å². The Hall–Kier alpha value is -2.56. The number of sulfonamides is 1. The first-order valence-electron chi connectivity index (χ1n) is 9.71. The van der Waals surface area contributed by atoms with Gasteiger partial charge in [0, 0.05) is 25.1 Å². The van der Waals surface area contributed by atoms with Crippen LogP contribution in [0.25, 0.3) is 0 Å². The smallest absolute Gasteiger partial charge is 0.387 e. The zero-order chi connectivity index (χ0) is 22.3. The minimum atomic E-state index is -3.57. The lowest BCUT2D eigenvalue weighted by atomic mass is 10.1. The van der Waals surface area contributed by atoms with Gasteiger partial charge in [0.2, 0.25) is 10.0 Å². The first-order chi connectivity index (χ1) is 14.9. The molecule has 3 rings (SSSR count). The van der Waals surface area contributed by atoms with Crippen molar-refractivity contribution in [2.75, 3.05) is 26.3 Å². The maximum Gasteiger partial charge on any atom is 0.387 e. The van der Waals surface area contributed by atoms with Crippen LogP contribution in [-0.4, -0.2) is 51.6 Å². The van der Waals surface area contributed by atoms with Crippen LogP contribution in [0.3, 0.4) is 0 Å². The Labute approximate surface area is 179 Å². The quantitative estimate of drug-likeness (QED) is 0.541. The van der Waals surface area contributed by atoms with E-state index < -0.39 is 22.6 Å². The van der Waals surface area contributed by atoms with Gasteiger partial charge in [0.1, 0.15) is 12.4 Å². The summed E-state index contributed by atoms with van der Waals surface area (Å²) in [7, 11) is -3.57. The number of morpholine rings is 1. The molecular weight excluding hydrogens is 432 g/mol. The summed E-state index contributed by atoms with van der Waals surface area (Å²) >= 11 is 0. The fraction of sp³-hybridized carbons (Fsp3) is 0.381. The van der Waals surface area contributed by atoms with Gasteiger partial charge in [0.05, 0.1) is 18.1 Å². The highest BCUT2D eigenvalue weighted by atomic mass is 32.2. The number of esters is 1. The second kappa shape index (κ2) is 10.7. The highest BCUT2D eigenvalue weighted by Crippen LogP contribution is 2.22. The van der Waals surface area contributed by atoms with E-state index in [1.165, 1.54) is 22.5 Å². The Bertz CT molecular complexity index is 976. The number of benzene rings is 2. The molecule has 1 aliphatic heterocycles. The maximum absolute atomic E-state index is 12.6. The van der Waals surface area contributed by atoms with E-state index in [1.807, 2.05) is 0 Å². The number of alkyl halides is 2. The summed E-state index contributed by atoms with van der Waals surface area (Å²) in [5.41, 5.74) is 1.12. The summed E-state index contributed by atoms with van der Waals surface area (Å²) < 4.78 is 66.2. The molecule has 2 aromatic carbocycles. The molecule has 1 fully saturated rings. The predicted octanol–water partition coefficient (Wildman–Crippen LogP) is 2.98.